The average Bonchev–Trinajstić information content (AvgIpc) is 2.94. The highest BCUT2D eigenvalue weighted by atomic mass is 16.1. The lowest BCUT2D eigenvalue weighted by atomic mass is 9.54. The van der Waals surface area contributed by atoms with Crippen molar-refractivity contribution in [3.05, 3.63) is 30.2 Å². The van der Waals surface area contributed by atoms with Crippen LogP contribution in [0.1, 0.15) is 42.5 Å². The van der Waals surface area contributed by atoms with Crippen molar-refractivity contribution in [1.82, 2.24) is 19.9 Å². The zero-order chi connectivity index (χ0) is 14.7. The van der Waals surface area contributed by atoms with Crippen LogP contribution in [0.15, 0.2) is 24.7 Å². The molecule has 0 aliphatic heterocycles. The molecule has 1 amide bonds. The van der Waals surface area contributed by atoms with E-state index in [2.05, 4.69) is 15.4 Å². The van der Waals surface area contributed by atoms with Gasteiger partial charge in [0.15, 0.2) is 5.65 Å². The first-order chi connectivity index (χ1) is 10.8. The zero-order valence-corrected chi connectivity index (χ0v) is 12.5. The molecule has 0 spiro atoms. The van der Waals surface area contributed by atoms with E-state index < -0.39 is 0 Å². The van der Waals surface area contributed by atoms with Gasteiger partial charge < -0.3 is 5.32 Å². The van der Waals surface area contributed by atoms with E-state index in [0.29, 0.717) is 29.1 Å². The molecule has 6 rings (SSSR count). The van der Waals surface area contributed by atoms with Gasteiger partial charge in [-0.05, 0) is 61.8 Å². The van der Waals surface area contributed by atoms with E-state index in [1.807, 2.05) is 12.3 Å². The van der Waals surface area contributed by atoms with Gasteiger partial charge in [-0.25, -0.2) is 9.50 Å². The molecule has 5 nitrogen and oxygen atoms in total. The van der Waals surface area contributed by atoms with Crippen LogP contribution >= 0.6 is 0 Å². The summed E-state index contributed by atoms with van der Waals surface area (Å²) in [5.41, 5.74) is 1.23. The van der Waals surface area contributed by atoms with E-state index in [9.17, 15) is 4.79 Å². The third-order valence-corrected chi connectivity index (χ3v) is 6.05. The van der Waals surface area contributed by atoms with Crippen molar-refractivity contribution in [3.8, 4) is 0 Å². The van der Waals surface area contributed by atoms with E-state index in [1.54, 1.807) is 16.9 Å². The molecule has 4 fully saturated rings. The monoisotopic (exact) mass is 296 g/mol. The second-order valence-electron chi connectivity index (χ2n) is 7.38. The van der Waals surface area contributed by atoms with Crippen LogP contribution < -0.4 is 5.32 Å². The minimum atomic E-state index is -0.00817. The molecular weight excluding hydrogens is 276 g/mol. The van der Waals surface area contributed by atoms with Crippen molar-refractivity contribution in [1.29, 1.82) is 0 Å². The normalized spacial score (nSPS) is 35.9. The first-order valence-electron chi connectivity index (χ1n) is 8.37. The van der Waals surface area contributed by atoms with Gasteiger partial charge in [-0.2, -0.15) is 5.10 Å². The Morgan fingerprint density at radius 2 is 1.86 bits per heavy atom. The fourth-order valence-electron chi connectivity index (χ4n) is 5.38. The maximum Gasteiger partial charge on any atom is 0.257 e. The van der Waals surface area contributed by atoms with Gasteiger partial charge in [-0.3, -0.25) is 4.79 Å². The molecule has 4 saturated carbocycles. The summed E-state index contributed by atoms with van der Waals surface area (Å²) in [6.07, 6.45) is 11.8. The number of aromatic nitrogens is 3. The lowest BCUT2D eigenvalue weighted by molar-refractivity contribution is -0.0119. The number of rotatable bonds is 2. The summed E-state index contributed by atoms with van der Waals surface area (Å²) in [6, 6.07) is 2.18. The van der Waals surface area contributed by atoms with Crippen molar-refractivity contribution >= 4 is 11.6 Å². The SMILES string of the molecule is O=C(NC1C2CC3CC(C2)CC1C3)c1cnn2cccnc12. The Labute approximate surface area is 129 Å². The molecule has 2 aromatic heterocycles. The number of nitrogens with one attached hydrogen (secondary N) is 1. The summed E-state index contributed by atoms with van der Waals surface area (Å²) >= 11 is 0. The fourth-order valence-corrected chi connectivity index (χ4v) is 5.38. The van der Waals surface area contributed by atoms with Crippen LogP contribution in [0.2, 0.25) is 0 Å². The van der Waals surface area contributed by atoms with Crippen LogP contribution in [0.25, 0.3) is 5.65 Å². The molecule has 5 heteroatoms. The zero-order valence-electron chi connectivity index (χ0n) is 12.5. The fraction of sp³-hybridized carbons (Fsp3) is 0.588. The van der Waals surface area contributed by atoms with Crippen molar-refractivity contribution in [3.63, 3.8) is 0 Å². The number of carbonyl (C=O) groups excluding carboxylic acids is 1. The Kier molecular flexibility index (Phi) is 2.60. The molecule has 0 atom stereocenters. The Morgan fingerprint density at radius 1 is 1.14 bits per heavy atom. The second kappa shape index (κ2) is 4.54. The van der Waals surface area contributed by atoms with Crippen molar-refractivity contribution in [2.75, 3.05) is 0 Å². The smallest absolute Gasteiger partial charge is 0.257 e. The third-order valence-electron chi connectivity index (χ3n) is 6.05. The summed E-state index contributed by atoms with van der Waals surface area (Å²) in [7, 11) is 0. The van der Waals surface area contributed by atoms with Gasteiger partial charge in [0, 0.05) is 18.4 Å². The van der Waals surface area contributed by atoms with Crippen molar-refractivity contribution < 1.29 is 4.79 Å². The molecule has 4 aliphatic rings. The molecule has 0 radical (unpaired) electrons. The minimum Gasteiger partial charge on any atom is -0.349 e. The van der Waals surface area contributed by atoms with E-state index in [4.69, 9.17) is 0 Å². The van der Waals surface area contributed by atoms with Crippen LogP contribution in [0.4, 0.5) is 0 Å². The Hall–Kier alpha value is -1.91. The van der Waals surface area contributed by atoms with Gasteiger partial charge >= 0.3 is 0 Å². The van der Waals surface area contributed by atoms with E-state index in [-0.39, 0.29) is 5.91 Å². The average molecular weight is 296 g/mol. The quantitative estimate of drug-likeness (QED) is 0.925. The predicted molar refractivity (Wildman–Crippen MR) is 81.3 cm³/mol. The summed E-state index contributed by atoms with van der Waals surface area (Å²) in [5.74, 6) is 3.22. The lowest BCUT2D eigenvalue weighted by Gasteiger charge is -2.54. The number of amides is 1. The van der Waals surface area contributed by atoms with Gasteiger partial charge in [-0.1, -0.05) is 0 Å². The Morgan fingerprint density at radius 3 is 2.59 bits per heavy atom. The van der Waals surface area contributed by atoms with Crippen LogP contribution in [0, 0.1) is 23.7 Å². The van der Waals surface area contributed by atoms with Crippen LogP contribution in [-0.4, -0.2) is 26.5 Å². The highest BCUT2D eigenvalue weighted by molar-refractivity contribution is 5.99. The van der Waals surface area contributed by atoms with Crippen LogP contribution in [0.5, 0.6) is 0 Å². The molecule has 1 N–H and O–H groups in total. The summed E-state index contributed by atoms with van der Waals surface area (Å²) < 4.78 is 1.66. The van der Waals surface area contributed by atoms with Gasteiger partial charge in [0.25, 0.3) is 5.91 Å². The topological polar surface area (TPSA) is 59.3 Å². The summed E-state index contributed by atoms with van der Waals surface area (Å²) in [6.45, 7) is 0. The molecule has 0 aromatic carbocycles. The Balaban J connectivity index is 1.41. The van der Waals surface area contributed by atoms with Crippen molar-refractivity contribution in [2.45, 2.75) is 38.1 Å². The molecule has 2 aromatic rings. The molecule has 4 aliphatic carbocycles. The third kappa shape index (κ3) is 1.81. The van der Waals surface area contributed by atoms with E-state index >= 15 is 0 Å². The molecule has 0 saturated heterocycles. The van der Waals surface area contributed by atoms with Crippen LogP contribution in [-0.2, 0) is 0 Å². The predicted octanol–water partition coefficient (Wildman–Crippen LogP) is 2.28. The highest BCUT2D eigenvalue weighted by Gasteiger charge is 2.48. The summed E-state index contributed by atoms with van der Waals surface area (Å²) in [4.78, 5) is 17.0. The van der Waals surface area contributed by atoms with E-state index in [0.717, 1.165) is 11.8 Å². The molecule has 0 unspecified atom stereocenters. The van der Waals surface area contributed by atoms with Gasteiger partial charge in [-0.15, -0.1) is 0 Å². The van der Waals surface area contributed by atoms with Gasteiger partial charge in [0.05, 0.1) is 6.20 Å². The van der Waals surface area contributed by atoms with E-state index in [1.165, 1.54) is 32.1 Å². The maximum atomic E-state index is 12.7. The largest absolute Gasteiger partial charge is 0.349 e. The minimum absolute atomic E-state index is 0.00817. The lowest BCUT2D eigenvalue weighted by Crippen LogP contribution is -2.55. The van der Waals surface area contributed by atoms with Crippen molar-refractivity contribution in [2.24, 2.45) is 23.7 Å². The summed E-state index contributed by atoms with van der Waals surface area (Å²) in [5, 5.41) is 7.54. The molecular formula is C17H20N4O. The second-order valence-corrected chi connectivity index (χ2v) is 7.38. The number of hydrogen-bond acceptors (Lipinski definition) is 3. The first kappa shape index (κ1) is 12.6. The number of carbonyl (C=O) groups is 1. The van der Waals surface area contributed by atoms with Crippen LogP contribution in [0.3, 0.4) is 0 Å². The maximum absolute atomic E-state index is 12.7. The Bertz CT molecular complexity index is 709. The molecule has 22 heavy (non-hydrogen) atoms. The molecule has 2 heterocycles. The first-order valence-corrected chi connectivity index (χ1v) is 8.37. The van der Waals surface area contributed by atoms with Gasteiger partial charge in [0.1, 0.15) is 5.56 Å². The number of fused-ring (bicyclic) bond motifs is 1. The standard InChI is InChI=1S/C17H20N4O/c22-17(14-9-19-21-3-1-2-18-16(14)21)20-15-12-5-10-4-11(7-12)8-13(15)6-10/h1-3,9-13,15H,4-8H2,(H,20,22). The van der Waals surface area contributed by atoms with Gasteiger partial charge in [0.2, 0.25) is 0 Å². The molecule has 4 bridgehead atoms. The highest BCUT2D eigenvalue weighted by Crippen LogP contribution is 2.53. The number of nitrogens with zero attached hydrogens (tertiary/aromatic N) is 3. The molecule has 114 valence electrons. The number of hydrogen-bond donors (Lipinski definition) is 1.